The van der Waals surface area contributed by atoms with Gasteiger partial charge < -0.3 is 9.73 Å². The molecule has 1 rings (SSSR count). The molecule has 1 aromatic rings. The zero-order valence-corrected chi connectivity index (χ0v) is 8.60. The highest BCUT2D eigenvalue weighted by Crippen LogP contribution is 2.05. The highest BCUT2D eigenvalue weighted by molar-refractivity contribution is 7.81. The van der Waals surface area contributed by atoms with Crippen LogP contribution in [0.25, 0.3) is 0 Å². The van der Waals surface area contributed by atoms with Crippen molar-refractivity contribution in [2.75, 3.05) is 0 Å². The van der Waals surface area contributed by atoms with E-state index in [1.54, 1.807) is 6.92 Å². The molecular weight excluding hydrogens is 186 g/mol. The van der Waals surface area contributed by atoms with E-state index >= 15 is 0 Å². The Labute approximate surface area is 82.9 Å². The molecule has 0 aliphatic rings. The Morgan fingerprint density at radius 1 is 1.69 bits per heavy atom. The van der Waals surface area contributed by atoms with E-state index in [0.29, 0.717) is 6.54 Å². The summed E-state index contributed by atoms with van der Waals surface area (Å²) in [6, 6.07) is 3.71. The Morgan fingerprint density at radius 2 is 2.38 bits per heavy atom. The Balaban J connectivity index is 2.39. The summed E-state index contributed by atoms with van der Waals surface area (Å²) in [6.07, 6.45) is 0. The van der Waals surface area contributed by atoms with Gasteiger partial charge in [-0.15, -0.1) is 0 Å². The fraction of sp³-hybridized carbons (Fsp3) is 0.444. The van der Waals surface area contributed by atoms with Crippen LogP contribution in [0.4, 0.5) is 0 Å². The first-order chi connectivity index (χ1) is 6.09. The van der Waals surface area contributed by atoms with Crippen molar-refractivity contribution in [3.8, 4) is 0 Å². The monoisotopic (exact) mass is 199 g/mol. The lowest BCUT2D eigenvalue weighted by atomic mass is 10.4. The largest absolute Gasteiger partial charge is 0.465 e. The third-order valence-corrected chi connectivity index (χ3v) is 1.85. The molecule has 3 nitrogen and oxygen atoms in total. The zero-order chi connectivity index (χ0) is 9.84. The van der Waals surface area contributed by atoms with Crippen LogP contribution in [0, 0.1) is 6.92 Å². The summed E-state index contributed by atoms with van der Waals surface area (Å²) in [7, 11) is 0. The van der Waals surface area contributed by atoms with Crippen molar-refractivity contribution in [1.29, 1.82) is 0 Å². The molecule has 1 aromatic heterocycles. The number of carbonyl (C=O) groups excluding carboxylic acids is 1. The minimum Gasteiger partial charge on any atom is -0.465 e. The Bertz CT molecular complexity index is 294. The maximum absolute atomic E-state index is 11.1. The number of amides is 1. The summed E-state index contributed by atoms with van der Waals surface area (Å²) in [4.78, 5) is 11.1. The van der Waals surface area contributed by atoms with Gasteiger partial charge in [-0.2, -0.15) is 12.6 Å². The predicted octanol–water partition coefficient (Wildman–Crippen LogP) is 1.52. The lowest BCUT2D eigenvalue weighted by molar-refractivity contribution is -0.120. The van der Waals surface area contributed by atoms with Crippen LogP contribution in [-0.4, -0.2) is 11.2 Å². The van der Waals surface area contributed by atoms with Gasteiger partial charge >= 0.3 is 0 Å². The number of carbonyl (C=O) groups is 1. The normalized spacial score (nSPS) is 12.5. The molecule has 1 unspecified atom stereocenters. The van der Waals surface area contributed by atoms with Crippen LogP contribution < -0.4 is 5.32 Å². The summed E-state index contributed by atoms with van der Waals surface area (Å²) < 4.78 is 5.27. The Kier molecular flexibility index (Phi) is 3.42. The van der Waals surface area contributed by atoms with Crippen molar-refractivity contribution >= 4 is 18.5 Å². The molecule has 0 radical (unpaired) electrons. The number of aryl methyl sites for hydroxylation is 1. The van der Waals surface area contributed by atoms with Gasteiger partial charge in [0, 0.05) is 0 Å². The summed E-state index contributed by atoms with van der Waals surface area (Å²) in [5.41, 5.74) is 0. The summed E-state index contributed by atoms with van der Waals surface area (Å²) in [5, 5.41) is 2.42. The van der Waals surface area contributed by atoms with Crippen LogP contribution in [0.15, 0.2) is 16.5 Å². The van der Waals surface area contributed by atoms with Gasteiger partial charge in [0.1, 0.15) is 11.5 Å². The molecule has 72 valence electrons. The van der Waals surface area contributed by atoms with Gasteiger partial charge in [-0.05, 0) is 26.0 Å². The minimum absolute atomic E-state index is 0.0858. The maximum Gasteiger partial charge on any atom is 0.232 e. The second kappa shape index (κ2) is 4.37. The molecule has 1 atom stereocenters. The molecule has 4 heteroatoms. The van der Waals surface area contributed by atoms with Crippen molar-refractivity contribution < 1.29 is 9.21 Å². The number of furan rings is 1. The van der Waals surface area contributed by atoms with Crippen LogP contribution in [0.2, 0.25) is 0 Å². The molecule has 0 aliphatic heterocycles. The summed E-state index contributed by atoms with van der Waals surface area (Å²) >= 11 is 4.00. The highest BCUT2D eigenvalue weighted by Gasteiger charge is 2.07. The first-order valence-electron chi connectivity index (χ1n) is 4.10. The molecule has 13 heavy (non-hydrogen) atoms. The van der Waals surface area contributed by atoms with E-state index in [0.717, 1.165) is 11.5 Å². The van der Waals surface area contributed by atoms with Crippen molar-refractivity contribution in [1.82, 2.24) is 5.32 Å². The molecular formula is C9H13NO2S. The van der Waals surface area contributed by atoms with E-state index < -0.39 is 0 Å². The smallest absolute Gasteiger partial charge is 0.232 e. The van der Waals surface area contributed by atoms with E-state index in [-0.39, 0.29) is 11.2 Å². The second-order valence-corrected chi connectivity index (χ2v) is 3.68. The van der Waals surface area contributed by atoms with Crippen molar-refractivity contribution in [2.45, 2.75) is 25.6 Å². The highest BCUT2D eigenvalue weighted by atomic mass is 32.1. The fourth-order valence-corrected chi connectivity index (χ4v) is 0.993. The first-order valence-corrected chi connectivity index (χ1v) is 4.62. The van der Waals surface area contributed by atoms with Gasteiger partial charge in [-0.1, -0.05) is 0 Å². The Morgan fingerprint density at radius 3 is 2.85 bits per heavy atom. The lowest BCUT2D eigenvalue weighted by Crippen LogP contribution is -2.28. The number of nitrogens with one attached hydrogen (secondary N) is 1. The van der Waals surface area contributed by atoms with Crippen LogP contribution in [0.1, 0.15) is 18.4 Å². The molecule has 0 aliphatic carbocycles. The average molecular weight is 199 g/mol. The average Bonchev–Trinajstić information content (AvgIpc) is 2.47. The molecule has 0 saturated carbocycles. The lowest BCUT2D eigenvalue weighted by Gasteiger charge is -2.04. The van der Waals surface area contributed by atoms with Crippen LogP contribution in [0.5, 0.6) is 0 Å². The van der Waals surface area contributed by atoms with Gasteiger partial charge in [0.2, 0.25) is 5.91 Å². The summed E-state index contributed by atoms with van der Waals surface area (Å²) in [6.45, 7) is 4.02. The van der Waals surface area contributed by atoms with Crippen LogP contribution in [0.3, 0.4) is 0 Å². The first kappa shape index (κ1) is 10.2. The van der Waals surface area contributed by atoms with Crippen molar-refractivity contribution in [2.24, 2.45) is 0 Å². The van der Waals surface area contributed by atoms with E-state index in [2.05, 4.69) is 17.9 Å². The summed E-state index contributed by atoms with van der Waals surface area (Å²) in [5.74, 6) is 1.53. The van der Waals surface area contributed by atoms with E-state index in [1.165, 1.54) is 0 Å². The van der Waals surface area contributed by atoms with Gasteiger partial charge in [-0.3, -0.25) is 4.79 Å². The van der Waals surface area contributed by atoms with E-state index in [9.17, 15) is 4.79 Å². The third-order valence-electron chi connectivity index (χ3n) is 1.61. The Hall–Kier alpha value is -0.900. The van der Waals surface area contributed by atoms with Gasteiger partial charge in [0.05, 0.1) is 11.8 Å². The third kappa shape index (κ3) is 3.14. The zero-order valence-electron chi connectivity index (χ0n) is 7.70. The van der Waals surface area contributed by atoms with E-state index in [1.807, 2.05) is 19.1 Å². The molecule has 1 heterocycles. The fourth-order valence-electron chi connectivity index (χ4n) is 0.902. The molecule has 1 amide bonds. The maximum atomic E-state index is 11.1. The van der Waals surface area contributed by atoms with Crippen LogP contribution in [-0.2, 0) is 11.3 Å². The molecule has 0 fully saturated rings. The number of thiol groups is 1. The van der Waals surface area contributed by atoms with Gasteiger partial charge in [0.25, 0.3) is 0 Å². The van der Waals surface area contributed by atoms with Crippen LogP contribution >= 0.6 is 12.6 Å². The number of rotatable bonds is 3. The van der Waals surface area contributed by atoms with Gasteiger partial charge in [0.15, 0.2) is 0 Å². The number of hydrogen-bond acceptors (Lipinski definition) is 3. The molecule has 1 N–H and O–H groups in total. The van der Waals surface area contributed by atoms with E-state index in [4.69, 9.17) is 4.42 Å². The van der Waals surface area contributed by atoms with Gasteiger partial charge in [-0.25, -0.2) is 0 Å². The minimum atomic E-state index is -0.281. The van der Waals surface area contributed by atoms with Crippen molar-refractivity contribution in [3.05, 3.63) is 23.7 Å². The second-order valence-electron chi connectivity index (χ2n) is 2.91. The number of hydrogen-bond donors (Lipinski definition) is 2. The quantitative estimate of drug-likeness (QED) is 0.725. The molecule has 0 aromatic carbocycles. The SMILES string of the molecule is Cc1ccc(CNC(=O)C(C)S)o1. The van der Waals surface area contributed by atoms with Crippen molar-refractivity contribution in [3.63, 3.8) is 0 Å². The molecule has 0 spiro atoms. The predicted molar refractivity (Wildman–Crippen MR) is 53.7 cm³/mol. The standard InChI is InChI=1S/C9H13NO2S/c1-6-3-4-8(12-6)5-10-9(11)7(2)13/h3-4,7,13H,5H2,1-2H3,(H,10,11). The molecule has 0 bridgehead atoms. The molecule has 0 saturated heterocycles. The topological polar surface area (TPSA) is 42.2 Å².